The zero-order valence-corrected chi connectivity index (χ0v) is 6.40. The molecule has 4 atom stereocenters. The van der Waals surface area contributed by atoms with E-state index in [0.29, 0.717) is 13.2 Å². The summed E-state index contributed by atoms with van der Waals surface area (Å²) in [5, 5.41) is 9.31. The van der Waals surface area contributed by atoms with Crippen molar-refractivity contribution in [3.8, 4) is 0 Å². The number of aliphatic hydroxyl groups is 1. The minimum absolute atomic E-state index is 0.00264. The summed E-state index contributed by atoms with van der Waals surface area (Å²) in [5.74, 6) is 0. The monoisotopic (exact) mass is 160 g/mol. The zero-order valence-electron chi connectivity index (χ0n) is 6.40. The molecule has 0 amide bonds. The van der Waals surface area contributed by atoms with Crippen LogP contribution in [0.15, 0.2) is 0 Å². The molecule has 0 radical (unpaired) electrons. The molecule has 4 heteroatoms. The van der Waals surface area contributed by atoms with Crippen LogP contribution < -0.4 is 0 Å². The van der Waals surface area contributed by atoms with Crippen LogP contribution in [0.5, 0.6) is 0 Å². The Bertz CT molecular complexity index is 149. The molecular weight excluding hydrogens is 148 g/mol. The Labute approximate surface area is 65.1 Å². The maximum absolute atomic E-state index is 9.31. The first-order chi connectivity index (χ1) is 5.33. The number of methoxy groups -OCH3 is 1. The van der Waals surface area contributed by atoms with Gasteiger partial charge in [-0.3, -0.25) is 0 Å². The van der Waals surface area contributed by atoms with Gasteiger partial charge in [0.2, 0.25) is 0 Å². The van der Waals surface area contributed by atoms with E-state index >= 15 is 0 Å². The van der Waals surface area contributed by atoms with E-state index in [-0.39, 0.29) is 18.3 Å². The molecule has 2 fully saturated rings. The fraction of sp³-hybridized carbons (Fsp3) is 1.00. The summed E-state index contributed by atoms with van der Waals surface area (Å²) < 4.78 is 15.7. The molecule has 4 nitrogen and oxygen atoms in total. The lowest BCUT2D eigenvalue weighted by atomic mass is 10.1. The Balaban J connectivity index is 2.04. The molecule has 2 aliphatic heterocycles. The smallest absolute Gasteiger partial charge is 0.115 e. The van der Waals surface area contributed by atoms with E-state index in [0.717, 1.165) is 0 Å². The average molecular weight is 160 g/mol. The number of fused-ring (bicyclic) bond motifs is 1. The van der Waals surface area contributed by atoms with Crippen LogP contribution >= 0.6 is 0 Å². The van der Waals surface area contributed by atoms with Gasteiger partial charge in [0.05, 0.1) is 13.2 Å². The molecule has 0 saturated carbocycles. The van der Waals surface area contributed by atoms with Crippen LogP contribution in [0, 0.1) is 0 Å². The molecule has 0 aromatic rings. The van der Waals surface area contributed by atoms with Crippen LogP contribution in [-0.2, 0) is 14.2 Å². The van der Waals surface area contributed by atoms with E-state index in [1.54, 1.807) is 7.11 Å². The van der Waals surface area contributed by atoms with E-state index in [1.165, 1.54) is 0 Å². The number of rotatable bonds is 1. The molecular formula is C7H12O4. The minimum atomic E-state index is -0.472. The molecule has 2 saturated heterocycles. The highest BCUT2D eigenvalue weighted by atomic mass is 16.6. The lowest BCUT2D eigenvalue weighted by Gasteiger charge is -2.12. The van der Waals surface area contributed by atoms with Gasteiger partial charge in [-0.1, -0.05) is 0 Å². The Hall–Kier alpha value is -0.160. The normalized spacial score (nSPS) is 49.6. The molecule has 0 bridgehead atoms. The van der Waals surface area contributed by atoms with Crippen molar-refractivity contribution in [1.29, 1.82) is 0 Å². The topological polar surface area (TPSA) is 47.9 Å². The second-order valence-corrected chi connectivity index (χ2v) is 2.94. The maximum Gasteiger partial charge on any atom is 0.115 e. The summed E-state index contributed by atoms with van der Waals surface area (Å²) in [7, 11) is 1.63. The fourth-order valence-electron chi connectivity index (χ4n) is 1.65. The molecule has 0 unspecified atom stereocenters. The van der Waals surface area contributed by atoms with Crippen LogP contribution in [0.1, 0.15) is 0 Å². The SMILES string of the molecule is CO[C@H]1CO[C@@H]2[C@H]1OC[C@H]2O. The van der Waals surface area contributed by atoms with Crippen molar-refractivity contribution in [3.05, 3.63) is 0 Å². The van der Waals surface area contributed by atoms with E-state index in [1.807, 2.05) is 0 Å². The third-order valence-electron chi connectivity index (χ3n) is 2.28. The first-order valence-electron chi connectivity index (χ1n) is 3.77. The second kappa shape index (κ2) is 2.71. The summed E-state index contributed by atoms with van der Waals surface area (Å²) >= 11 is 0. The van der Waals surface area contributed by atoms with Crippen molar-refractivity contribution < 1.29 is 19.3 Å². The third-order valence-corrected chi connectivity index (χ3v) is 2.28. The van der Waals surface area contributed by atoms with Crippen LogP contribution in [0.3, 0.4) is 0 Å². The summed E-state index contributed by atoms with van der Waals surface area (Å²) in [4.78, 5) is 0. The molecule has 0 spiro atoms. The van der Waals surface area contributed by atoms with Crippen LogP contribution in [0.4, 0.5) is 0 Å². The Morgan fingerprint density at radius 1 is 1.27 bits per heavy atom. The first kappa shape index (κ1) is 7.49. The molecule has 2 heterocycles. The molecule has 11 heavy (non-hydrogen) atoms. The number of hydrogen-bond donors (Lipinski definition) is 1. The number of aliphatic hydroxyl groups excluding tert-OH is 1. The van der Waals surface area contributed by atoms with Gasteiger partial charge in [-0.25, -0.2) is 0 Å². The second-order valence-electron chi connectivity index (χ2n) is 2.94. The van der Waals surface area contributed by atoms with Crippen LogP contribution in [0.25, 0.3) is 0 Å². The molecule has 2 rings (SSSR count). The maximum atomic E-state index is 9.31. The standard InChI is InChI=1S/C7H12O4/c1-9-5-3-11-6-4(8)2-10-7(5)6/h4-8H,2-3H2,1H3/t4-,5+,6+,7+/m1/s1. The van der Waals surface area contributed by atoms with Crippen molar-refractivity contribution in [3.63, 3.8) is 0 Å². The van der Waals surface area contributed by atoms with Crippen molar-refractivity contribution in [2.45, 2.75) is 24.4 Å². The average Bonchev–Trinajstić information content (AvgIpc) is 2.53. The number of hydrogen-bond acceptors (Lipinski definition) is 4. The van der Waals surface area contributed by atoms with Gasteiger partial charge in [-0.05, 0) is 0 Å². The molecule has 0 aliphatic carbocycles. The van der Waals surface area contributed by atoms with E-state index in [2.05, 4.69) is 0 Å². The van der Waals surface area contributed by atoms with Gasteiger partial charge in [0, 0.05) is 7.11 Å². The van der Waals surface area contributed by atoms with Crippen molar-refractivity contribution >= 4 is 0 Å². The highest BCUT2D eigenvalue weighted by Crippen LogP contribution is 2.28. The first-order valence-corrected chi connectivity index (χ1v) is 3.77. The van der Waals surface area contributed by atoms with Crippen molar-refractivity contribution in [2.75, 3.05) is 20.3 Å². The molecule has 64 valence electrons. The molecule has 0 aromatic heterocycles. The van der Waals surface area contributed by atoms with E-state index in [4.69, 9.17) is 14.2 Å². The predicted octanol–water partition coefficient (Wildman–Crippen LogP) is -0.840. The third kappa shape index (κ3) is 1.06. The Morgan fingerprint density at radius 2 is 2.00 bits per heavy atom. The molecule has 2 aliphatic rings. The molecule has 0 aromatic carbocycles. The largest absolute Gasteiger partial charge is 0.388 e. The zero-order chi connectivity index (χ0) is 7.84. The Morgan fingerprint density at radius 3 is 2.73 bits per heavy atom. The van der Waals surface area contributed by atoms with Crippen molar-refractivity contribution in [1.82, 2.24) is 0 Å². The van der Waals surface area contributed by atoms with Gasteiger partial charge in [0.1, 0.15) is 24.4 Å². The highest BCUT2D eigenvalue weighted by Gasteiger charge is 2.47. The van der Waals surface area contributed by atoms with Gasteiger partial charge in [-0.15, -0.1) is 0 Å². The van der Waals surface area contributed by atoms with Gasteiger partial charge in [-0.2, -0.15) is 0 Å². The van der Waals surface area contributed by atoms with Gasteiger partial charge in [0.15, 0.2) is 0 Å². The quantitative estimate of drug-likeness (QED) is 0.543. The minimum Gasteiger partial charge on any atom is -0.388 e. The highest BCUT2D eigenvalue weighted by molar-refractivity contribution is 4.94. The lowest BCUT2D eigenvalue weighted by molar-refractivity contribution is -0.0168. The van der Waals surface area contributed by atoms with E-state index < -0.39 is 6.10 Å². The summed E-state index contributed by atoms with van der Waals surface area (Å²) in [6.45, 7) is 0.901. The fourth-order valence-corrected chi connectivity index (χ4v) is 1.65. The van der Waals surface area contributed by atoms with E-state index in [9.17, 15) is 5.11 Å². The van der Waals surface area contributed by atoms with Gasteiger partial charge in [0.25, 0.3) is 0 Å². The Kier molecular flexibility index (Phi) is 1.85. The van der Waals surface area contributed by atoms with Crippen LogP contribution in [-0.4, -0.2) is 49.8 Å². The lowest BCUT2D eigenvalue weighted by Crippen LogP contribution is -2.32. The van der Waals surface area contributed by atoms with Crippen molar-refractivity contribution in [2.24, 2.45) is 0 Å². The number of ether oxygens (including phenoxy) is 3. The predicted molar refractivity (Wildman–Crippen MR) is 36.3 cm³/mol. The summed E-state index contributed by atoms with van der Waals surface area (Å²) in [6.07, 6.45) is -0.702. The van der Waals surface area contributed by atoms with Crippen LogP contribution in [0.2, 0.25) is 0 Å². The van der Waals surface area contributed by atoms with Gasteiger partial charge < -0.3 is 19.3 Å². The molecule has 1 N–H and O–H groups in total. The summed E-state index contributed by atoms with van der Waals surface area (Å²) in [6, 6.07) is 0. The van der Waals surface area contributed by atoms with Gasteiger partial charge >= 0.3 is 0 Å². The summed E-state index contributed by atoms with van der Waals surface area (Å²) in [5.41, 5.74) is 0.